The predicted molar refractivity (Wildman–Crippen MR) is 92.7 cm³/mol. The molecule has 0 aliphatic carbocycles. The predicted octanol–water partition coefficient (Wildman–Crippen LogP) is 2.77. The molecule has 4 nitrogen and oxygen atoms in total. The summed E-state index contributed by atoms with van der Waals surface area (Å²) in [5, 5.41) is 4.99. The second-order valence-corrected chi connectivity index (χ2v) is 6.90. The average Bonchev–Trinajstić information content (AvgIpc) is 3.16. The summed E-state index contributed by atoms with van der Waals surface area (Å²) in [4.78, 5) is 27.5. The molecule has 1 fully saturated rings. The molecule has 1 N–H and O–H groups in total. The lowest BCUT2D eigenvalue weighted by Gasteiger charge is -2.17. The largest absolute Gasteiger partial charge is 0.355 e. The van der Waals surface area contributed by atoms with E-state index in [4.69, 9.17) is 0 Å². The Morgan fingerprint density at radius 1 is 1.35 bits per heavy atom. The smallest absolute Gasteiger partial charge is 0.227 e. The van der Waals surface area contributed by atoms with E-state index in [1.54, 1.807) is 16.2 Å². The van der Waals surface area contributed by atoms with Gasteiger partial charge in [-0.2, -0.15) is 0 Å². The van der Waals surface area contributed by atoms with Crippen LogP contribution in [0.1, 0.15) is 16.9 Å². The van der Waals surface area contributed by atoms with E-state index in [0.29, 0.717) is 19.5 Å². The lowest BCUT2D eigenvalue weighted by Crippen LogP contribution is -2.34. The third-order valence-corrected chi connectivity index (χ3v) is 5.00. The van der Waals surface area contributed by atoms with Gasteiger partial charge >= 0.3 is 0 Å². The molecule has 0 saturated carbocycles. The van der Waals surface area contributed by atoms with E-state index in [-0.39, 0.29) is 17.7 Å². The summed E-state index contributed by atoms with van der Waals surface area (Å²) in [5.74, 6) is -0.259. The van der Waals surface area contributed by atoms with Gasteiger partial charge in [-0.15, -0.1) is 11.3 Å². The molecule has 1 saturated heterocycles. The first-order valence-corrected chi connectivity index (χ1v) is 8.68. The van der Waals surface area contributed by atoms with Crippen molar-refractivity contribution in [2.45, 2.75) is 19.8 Å². The molecule has 0 spiro atoms. The topological polar surface area (TPSA) is 49.4 Å². The van der Waals surface area contributed by atoms with Crippen molar-refractivity contribution in [1.29, 1.82) is 0 Å². The molecule has 2 aromatic rings. The maximum atomic E-state index is 12.3. The number of hydrogen-bond donors (Lipinski definition) is 1. The lowest BCUT2D eigenvalue weighted by atomic mass is 10.1. The number of nitrogens with one attached hydrogen (secondary N) is 1. The summed E-state index contributed by atoms with van der Waals surface area (Å²) in [7, 11) is 0. The van der Waals surface area contributed by atoms with Crippen molar-refractivity contribution in [2.75, 3.05) is 18.0 Å². The first-order valence-electron chi connectivity index (χ1n) is 7.80. The van der Waals surface area contributed by atoms with Crippen LogP contribution in [0, 0.1) is 12.8 Å². The fourth-order valence-corrected chi connectivity index (χ4v) is 3.55. The second kappa shape index (κ2) is 6.96. The number of carbonyl (C=O) groups excluding carboxylic acids is 2. The first-order chi connectivity index (χ1) is 11.1. The molecular weight excluding hydrogens is 308 g/mol. The Labute approximate surface area is 140 Å². The fraction of sp³-hybridized carbons (Fsp3) is 0.333. The van der Waals surface area contributed by atoms with Crippen molar-refractivity contribution in [1.82, 2.24) is 5.32 Å². The molecule has 120 valence electrons. The molecule has 1 aliphatic rings. The Balaban J connectivity index is 1.55. The molecule has 1 aliphatic heterocycles. The molecule has 1 aromatic carbocycles. The van der Waals surface area contributed by atoms with Crippen LogP contribution < -0.4 is 10.2 Å². The van der Waals surface area contributed by atoms with Crippen LogP contribution >= 0.6 is 11.3 Å². The number of benzene rings is 1. The number of rotatable bonds is 5. The van der Waals surface area contributed by atoms with E-state index in [1.165, 1.54) is 4.88 Å². The Morgan fingerprint density at radius 2 is 2.22 bits per heavy atom. The van der Waals surface area contributed by atoms with E-state index < -0.39 is 0 Å². The van der Waals surface area contributed by atoms with E-state index in [9.17, 15) is 9.59 Å². The maximum absolute atomic E-state index is 12.3. The van der Waals surface area contributed by atoms with Crippen LogP contribution in [0.25, 0.3) is 0 Å². The zero-order valence-electron chi connectivity index (χ0n) is 13.1. The minimum Gasteiger partial charge on any atom is -0.355 e. The van der Waals surface area contributed by atoms with Gasteiger partial charge in [0, 0.05) is 30.1 Å². The monoisotopic (exact) mass is 328 g/mol. The number of nitrogens with zero attached hydrogens (tertiary/aromatic N) is 1. The van der Waals surface area contributed by atoms with Gasteiger partial charge in [-0.1, -0.05) is 18.2 Å². The van der Waals surface area contributed by atoms with Crippen LogP contribution in [0.3, 0.4) is 0 Å². The highest BCUT2D eigenvalue weighted by atomic mass is 32.1. The number of anilines is 1. The van der Waals surface area contributed by atoms with Crippen molar-refractivity contribution in [3.05, 3.63) is 52.2 Å². The van der Waals surface area contributed by atoms with E-state index in [0.717, 1.165) is 17.7 Å². The van der Waals surface area contributed by atoms with Crippen LogP contribution in [-0.2, 0) is 16.0 Å². The van der Waals surface area contributed by atoms with Crippen molar-refractivity contribution in [2.24, 2.45) is 5.92 Å². The van der Waals surface area contributed by atoms with Gasteiger partial charge in [-0.05, 0) is 42.5 Å². The standard InChI is InChI=1S/C18H20N2O2S/c1-13-4-2-5-15(10-13)20-12-14(11-17(20)21)18(22)19-8-7-16-6-3-9-23-16/h2-6,9-10,14H,7-8,11-12H2,1H3,(H,19,22)/t14-/m1/s1. The van der Waals surface area contributed by atoms with Gasteiger partial charge in [0.2, 0.25) is 11.8 Å². The molecule has 2 amide bonds. The molecule has 0 radical (unpaired) electrons. The van der Waals surface area contributed by atoms with Gasteiger partial charge in [-0.25, -0.2) is 0 Å². The molecule has 0 unspecified atom stereocenters. The highest BCUT2D eigenvalue weighted by molar-refractivity contribution is 7.09. The first kappa shape index (κ1) is 15.7. The summed E-state index contributed by atoms with van der Waals surface area (Å²) in [6.07, 6.45) is 1.13. The summed E-state index contributed by atoms with van der Waals surface area (Å²) >= 11 is 1.69. The summed E-state index contributed by atoms with van der Waals surface area (Å²) in [5.41, 5.74) is 1.99. The number of thiophene rings is 1. The van der Waals surface area contributed by atoms with Crippen LogP contribution in [0.2, 0.25) is 0 Å². The third kappa shape index (κ3) is 3.79. The Hall–Kier alpha value is -2.14. The lowest BCUT2D eigenvalue weighted by molar-refractivity contribution is -0.126. The van der Waals surface area contributed by atoms with Crippen LogP contribution in [0.4, 0.5) is 5.69 Å². The molecular formula is C18H20N2O2S. The average molecular weight is 328 g/mol. The Bertz CT molecular complexity index is 697. The second-order valence-electron chi connectivity index (χ2n) is 5.86. The van der Waals surface area contributed by atoms with Crippen molar-refractivity contribution < 1.29 is 9.59 Å². The number of carbonyl (C=O) groups is 2. The van der Waals surface area contributed by atoms with Gasteiger partial charge in [0.15, 0.2) is 0 Å². The highest BCUT2D eigenvalue weighted by Crippen LogP contribution is 2.25. The summed E-state index contributed by atoms with van der Waals surface area (Å²) < 4.78 is 0. The van der Waals surface area contributed by atoms with Gasteiger partial charge in [0.05, 0.1) is 5.92 Å². The van der Waals surface area contributed by atoms with Gasteiger partial charge in [0.1, 0.15) is 0 Å². The normalized spacial score (nSPS) is 17.5. The number of hydrogen-bond acceptors (Lipinski definition) is 3. The van der Waals surface area contributed by atoms with Gasteiger partial charge in [0.25, 0.3) is 0 Å². The fourth-order valence-electron chi connectivity index (χ4n) is 2.84. The SMILES string of the molecule is Cc1cccc(N2C[C@H](C(=O)NCCc3cccs3)CC2=O)c1. The molecule has 3 rings (SSSR count). The van der Waals surface area contributed by atoms with Crippen molar-refractivity contribution in [3.8, 4) is 0 Å². The minimum atomic E-state index is -0.258. The Morgan fingerprint density at radius 3 is 2.96 bits per heavy atom. The highest BCUT2D eigenvalue weighted by Gasteiger charge is 2.34. The third-order valence-electron chi connectivity index (χ3n) is 4.06. The zero-order valence-corrected chi connectivity index (χ0v) is 13.9. The summed E-state index contributed by atoms with van der Waals surface area (Å²) in [6, 6.07) is 11.9. The molecule has 5 heteroatoms. The quantitative estimate of drug-likeness (QED) is 0.917. The van der Waals surface area contributed by atoms with Crippen molar-refractivity contribution in [3.63, 3.8) is 0 Å². The minimum absolute atomic E-state index is 0.0222. The zero-order chi connectivity index (χ0) is 16.2. The molecule has 23 heavy (non-hydrogen) atoms. The number of amides is 2. The maximum Gasteiger partial charge on any atom is 0.227 e. The Kier molecular flexibility index (Phi) is 4.76. The van der Waals surface area contributed by atoms with Crippen LogP contribution in [-0.4, -0.2) is 24.9 Å². The van der Waals surface area contributed by atoms with E-state index in [2.05, 4.69) is 11.4 Å². The molecule has 1 aromatic heterocycles. The van der Waals surface area contributed by atoms with Gasteiger partial charge < -0.3 is 10.2 Å². The molecule has 2 heterocycles. The van der Waals surface area contributed by atoms with Crippen molar-refractivity contribution >= 4 is 28.8 Å². The molecule has 0 bridgehead atoms. The van der Waals surface area contributed by atoms with Gasteiger partial charge in [-0.3, -0.25) is 9.59 Å². The van der Waals surface area contributed by atoms with E-state index >= 15 is 0 Å². The van der Waals surface area contributed by atoms with E-state index in [1.807, 2.05) is 42.6 Å². The van der Waals surface area contributed by atoms with Crippen LogP contribution in [0.15, 0.2) is 41.8 Å². The number of aryl methyl sites for hydroxylation is 1. The summed E-state index contributed by atoms with van der Waals surface area (Å²) in [6.45, 7) is 3.08. The molecule has 1 atom stereocenters. The van der Waals surface area contributed by atoms with Crippen LogP contribution in [0.5, 0.6) is 0 Å².